The van der Waals surface area contributed by atoms with E-state index < -0.39 is 17.6 Å². The first kappa shape index (κ1) is 17.4. The van der Waals surface area contributed by atoms with Gasteiger partial charge in [-0.1, -0.05) is 20.8 Å². The first-order valence-electron chi connectivity index (χ1n) is 7.98. The molecule has 25 heavy (non-hydrogen) atoms. The van der Waals surface area contributed by atoms with E-state index in [1.165, 1.54) is 28.9 Å². The van der Waals surface area contributed by atoms with Gasteiger partial charge in [-0.3, -0.25) is 0 Å². The van der Waals surface area contributed by atoms with Crippen LogP contribution in [0.25, 0.3) is 16.7 Å². The van der Waals surface area contributed by atoms with Crippen LogP contribution in [0.15, 0.2) is 30.3 Å². The Morgan fingerprint density at radius 2 is 1.76 bits per heavy atom. The summed E-state index contributed by atoms with van der Waals surface area (Å²) in [5, 5.41) is 4.37. The van der Waals surface area contributed by atoms with Crippen LogP contribution in [-0.4, -0.2) is 14.8 Å². The molecule has 0 aliphatic carbocycles. The Kier molecular flexibility index (Phi) is 4.26. The van der Waals surface area contributed by atoms with Gasteiger partial charge in [-0.2, -0.15) is 18.3 Å². The summed E-state index contributed by atoms with van der Waals surface area (Å²) in [6, 6.07) is 6.52. The summed E-state index contributed by atoms with van der Waals surface area (Å²) in [5.41, 5.74) is 0.528. The highest BCUT2D eigenvalue weighted by Gasteiger charge is 2.36. The standard InChI is InChI=1S/C18H17F4N3/c1-4-12-9-14(18(20,21)22)15-16(10(2)3)24-25(17(15)23-12)13-7-5-11(19)6-8-13/h5-10H,4H2,1-3H3. The molecule has 0 atom stereocenters. The Bertz CT molecular complexity index is 909. The number of aryl methyl sites for hydroxylation is 1. The van der Waals surface area contributed by atoms with Crippen LogP contribution in [0, 0.1) is 5.82 Å². The molecule has 0 unspecified atom stereocenters. The average molecular weight is 351 g/mol. The lowest BCUT2D eigenvalue weighted by Crippen LogP contribution is -2.09. The molecule has 0 bridgehead atoms. The van der Waals surface area contributed by atoms with Gasteiger partial charge in [0.2, 0.25) is 0 Å². The Balaban J connectivity index is 2.41. The van der Waals surface area contributed by atoms with E-state index in [0.29, 0.717) is 23.5 Å². The smallest absolute Gasteiger partial charge is 0.233 e. The Labute approximate surface area is 142 Å². The fourth-order valence-electron chi connectivity index (χ4n) is 2.77. The number of alkyl halides is 3. The minimum Gasteiger partial charge on any atom is -0.233 e. The molecule has 0 aliphatic rings. The van der Waals surface area contributed by atoms with Crippen molar-refractivity contribution in [3.05, 3.63) is 53.1 Å². The molecule has 0 N–H and O–H groups in total. The molecule has 132 valence electrons. The lowest BCUT2D eigenvalue weighted by molar-refractivity contribution is -0.136. The highest BCUT2D eigenvalue weighted by molar-refractivity contribution is 5.85. The average Bonchev–Trinajstić information content (AvgIpc) is 2.93. The van der Waals surface area contributed by atoms with Gasteiger partial charge in [0.1, 0.15) is 5.82 Å². The molecule has 0 fully saturated rings. The number of rotatable bonds is 3. The predicted molar refractivity (Wildman–Crippen MR) is 87.3 cm³/mol. The summed E-state index contributed by atoms with van der Waals surface area (Å²) in [4.78, 5) is 4.38. The molecule has 2 heterocycles. The minimum absolute atomic E-state index is 0.00373. The van der Waals surface area contributed by atoms with Crippen LogP contribution < -0.4 is 0 Å². The summed E-state index contributed by atoms with van der Waals surface area (Å²) >= 11 is 0. The lowest BCUT2D eigenvalue weighted by atomic mass is 10.0. The van der Waals surface area contributed by atoms with Crippen molar-refractivity contribution >= 4 is 11.0 Å². The van der Waals surface area contributed by atoms with E-state index in [0.717, 1.165) is 6.07 Å². The summed E-state index contributed by atoms with van der Waals surface area (Å²) in [5.74, 6) is -0.651. The fraction of sp³-hybridized carbons (Fsp3) is 0.333. The second kappa shape index (κ2) is 6.13. The van der Waals surface area contributed by atoms with Crippen molar-refractivity contribution in [3.8, 4) is 5.69 Å². The number of aromatic nitrogens is 3. The molecule has 1 aromatic carbocycles. The zero-order valence-electron chi connectivity index (χ0n) is 14.0. The van der Waals surface area contributed by atoms with Gasteiger partial charge in [0, 0.05) is 5.69 Å². The van der Waals surface area contributed by atoms with Crippen molar-refractivity contribution in [1.82, 2.24) is 14.8 Å². The van der Waals surface area contributed by atoms with Gasteiger partial charge in [-0.05, 0) is 42.7 Å². The molecule has 7 heteroatoms. The van der Waals surface area contributed by atoms with Crippen LogP contribution in [0.4, 0.5) is 17.6 Å². The maximum atomic E-state index is 13.6. The normalized spacial score (nSPS) is 12.3. The van der Waals surface area contributed by atoms with E-state index in [2.05, 4.69) is 10.1 Å². The summed E-state index contributed by atoms with van der Waals surface area (Å²) in [6.45, 7) is 5.31. The topological polar surface area (TPSA) is 30.7 Å². The quantitative estimate of drug-likeness (QED) is 0.602. The fourth-order valence-corrected chi connectivity index (χ4v) is 2.77. The third-order valence-electron chi connectivity index (χ3n) is 4.00. The molecule has 3 rings (SSSR count). The molecule has 2 aromatic heterocycles. The molecule has 0 aliphatic heterocycles. The number of halogens is 4. The monoisotopic (exact) mass is 351 g/mol. The first-order valence-corrected chi connectivity index (χ1v) is 7.98. The molecule has 0 saturated heterocycles. The number of nitrogens with zero attached hydrogens (tertiary/aromatic N) is 3. The van der Waals surface area contributed by atoms with Crippen molar-refractivity contribution in [3.63, 3.8) is 0 Å². The molecule has 0 radical (unpaired) electrons. The van der Waals surface area contributed by atoms with E-state index in [4.69, 9.17) is 0 Å². The highest BCUT2D eigenvalue weighted by Crippen LogP contribution is 2.38. The second-order valence-electron chi connectivity index (χ2n) is 6.14. The second-order valence-corrected chi connectivity index (χ2v) is 6.14. The maximum absolute atomic E-state index is 13.6. The molecule has 0 spiro atoms. The molecular weight excluding hydrogens is 334 g/mol. The van der Waals surface area contributed by atoms with Crippen LogP contribution >= 0.6 is 0 Å². The van der Waals surface area contributed by atoms with Crippen LogP contribution in [0.5, 0.6) is 0 Å². The van der Waals surface area contributed by atoms with Gasteiger partial charge in [0.05, 0.1) is 22.3 Å². The van der Waals surface area contributed by atoms with Gasteiger partial charge in [0.15, 0.2) is 5.65 Å². The number of hydrogen-bond donors (Lipinski definition) is 0. The summed E-state index contributed by atoms with van der Waals surface area (Å²) in [6.07, 6.45) is -4.14. The van der Waals surface area contributed by atoms with E-state index in [-0.39, 0.29) is 17.0 Å². The summed E-state index contributed by atoms with van der Waals surface area (Å²) < 4.78 is 55.4. The van der Waals surface area contributed by atoms with Crippen LogP contribution in [0.2, 0.25) is 0 Å². The lowest BCUT2D eigenvalue weighted by Gasteiger charge is -2.12. The largest absolute Gasteiger partial charge is 0.417 e. The molecule has 0 amide bonds. The maximum Gasteiger partial charge on any atom is 0.417 e. The number of fused-ring (bicyclic) bond motifs is 1. The van der Waals surface area contributed by atoms with Crippen LogP contribution in [0.3, 0.4) is 0 Å². The zero-order chi connectivity index (χ0) is 18.4. The predicted octanol–water partition coefficient (Wildman–Crippen LogP) is 5.26. The first-order chi connectivity index (χ1) is 11.7. The molecular formula is C18H17F4N3. The van der Waals surface area contributed by atoms with Gasteiger partial charge < -0.3 is 0 Å². The van der Waals surface area contributed by atoms with E-state index >= 15 is 0 Å². The van der Waals surface area contributed by atoms with E-state index in [1.54, 1.807) is 20.8 Å². The van der Waals surface area contributed by atoms with Crippen molar-refractivity contribution in [1.29, 1.82) is 0 Å². The summed E-state index contributed by atoms with van der Waals surface area (Å²) in [7, 11) is 0. The molecule has 3 aromatic rings. The van der Waals surface area contributed by atoms with E-state index in [1.807, 2.05) is 0 Å². The third kappa shape index (κ3) is 3.10. The number of hydrogen-bond acceptors (Lipinski definition) is 2. The van der Waals surface area contributed by atoms with Crippen molar-refractivity contribution in [2.24, 2.45) is 0 Å². The van der Waals surface area contributed by atoms with Gasteiger partial charge in [0.25, 0.3) is 0 Å². The van der Waals surface area contributed by atoms with Gasteiger partial charge in [-0.15, -0.1) is 0 Å². The Hall–Kier alpha value is -2.44. The zero-order valence-corrected chi connectivity index (χ0v) is 14.0. The number of pyridine rings is 1. The third-order valence-corrected chi connectivity index (χ3v) is 4.00. The SMILES string of the molecule is CCc1cc(C(F)(F)F)c2c(C(C)C)nn(-c3ccc(F)cc3)c2n1. The van der Waals surface area contributed by atoms with Gasteiger partial charge in [-0.25, -0.2) is 14.1 Å². The van der Waals surface area contributed by atoms with Crippen LogP contribution in [0.1, 0.15) is 43.6 Å². The van der Waals surface area contributed by atoms with E-state index in [9.17, 15) is 17.6 Å². The van der Waals surface area contributed by atoms with Crippen molar-refractivity contribution in [2.75, 3.05) is 0 Å². The molecule has 3 nitrogen and oxygen atoms in total. The Morgan fingerprint density at radius 1 is 1.12 bits per heavy atom. The van der Waals surface area contributed by atoms with Gasteiger partial charge >= 0.3 is 6.18 Å². The Morgan fingerprint density at radius 3 is 2.28 bits per heavy atom. The van der Waals surface area contributed by atoms with Crippen molar-refractivity contribution < 1.29 is 17.6 Å². The highest BCUT2D eigenvalue weighted by atomic mass is 19.4. The van der Waals surface area contributed by atoms with Crippen LogP contribution in [-0.2, 0) is 12.6 Å². The molecule has 0 saturated carbocycles. The number of benzene rings is 1. The minimum atomic E-state index is -4.51. The van der Waals surface area contributed by atoms with Crippen molar-refractivity contribution in [2.45, 2.75) is 39.3 Å².